The Hall–Kier alpha value is -1.65. The summed E-state index contributed by atoms with van der Waals surface area (Å²) < 4.78 is 18.6. The molecule has 0 aliphatic heterocycles. The highest BCUT2D eigenvalue weighted by molar-refractivity contribution is 6.30. The molecule has 1 aromatic heterocycles. The Bertz CT molecular complexity index is 534. The lowest BCUT2D eigenvalue weighted by Crippen LogP contribution is -1.97. The van der Waals surface area contributed by atoms with E-state index in [9.17, 15) is 4.39 Å². The highest BCUT2D eigenvalue weighted by atomic mass is 35.5. The van der Waals surface area contributed by atoms with Crippen molar-refractivity contribution in [3.8, 4) is 11.6 Å². The van der Waals surface area contributed by atoms with E-state index in [0.29, 0.717) is 18.2 Å². The first-order chi connectivity index (χ1) is 8.19. The number of pyridine rings is 1. The molecule has 0 fully saturated rings. The number of rotatable bonds is 3. The smallest absolute Gasteiger partial charge is 0.219 e. The molecule has 0 radical (unpaired) electrons. The van der Waals surface area contributed by atoms with E-state index in [1.807, 2.05) is 0 Å². The first kappa shape index (κ1) is 11.8. The van der Waals surface area contributed by atoms with Gasteiger partial charge in [0.05, 0.1) is 5.02 Å². The standard InChI is InChI=1S/C12H10ClFN2O/c13-10-2-1-9(6-11(10)14)17-12-5-8(7-15)3-4-16-12/h1-6H,7,15H2. The number of hydrogen-bond donors (Lipinski definition) is 1. The van der Waals surface area contributed by atoms with E-state index < -0.39 is 5.82 Å². The summed E-state index contributed by atoms with van der Waals surface area (Å²) in [7, 11) is 0. The number of halogens is 2. The van der Waals surface area contributed by atoms with E-state index in [1.165, 1.54) is 12.1 Å². The Balaban J connectivity index is 2.22. The molecular weight excluding hydrogens is 243 g/mol. The Morgan fingerprint density at radius 3 is 2.82 bits per heavy atom. The van der Waals surface area contributed by atoms with Crippen LogP contribution in [-0.4, -0.2) is 4.98 Å². The van der Waals surface area contributed by atoms with Crippen molar-refractivity contribution in [2.24, 2.45) is 5.73 Å². The number of aromatic nitrogens is 1. The van der Waals surface area contributed by atoms with E-state index in [-0.39, 0.29) is 5.02 Å². The Morgan fingerprint density at radius 2 is 2.12 bits per heavy atom. The highest BCUT2D eigenvalue weighted by Crippen LogP contribution is 2.24. The maximum absolute atomic E-state index is 13.2. The van der Waals surface area contributed by atoms with Gasteiger partial charge in [0.15, 0.2) is 0 Å². The molecule has 0 aliphatic carbocycles. The fraction of sp³-hybridized carbons (Fsp3) is 0.0833. The van der Waals surface area contributed by atoms with Crippen molar-refractivity contribution >= 4 is 11.6 Å². The van der Waals surface area contributed by atoms with Gasteiger partial charge in [-0.2, -0.15) is 0 Å². The first-order valence-corrected chi connectivity index (χ1v) is 5.35. The molecule has 3 nitrogen and oxygen atoms in total. The van der Waals surface area contributed by atoms with Gasteiger partial charge < -0.3 is 10.5 Å². The van der Waals surface area contributed by atoms with Gasteiger partial charge in [0, 0.05) is 24.9 Å². The lowest BCUT2D eigenvalue weighted by molar-refractivity contribution is 0.457. The fourth-order valence-electron chi connectivity index (χ4n) is 1.29. The average Bonchev–Trinajstić information content (AvgIpc) is 2.34. The van der Waals surface area contributed by atoms with E-state index in [2.05, 4.69) is 4.98 Å². The van der Waals surface area contributed by atoms with Crippen LogP contribution in [-0.2, 0) is 6.54 Å². The van der Waals surface area contributed by atoms with E-state index in [4.69, 9.17) is 22.1 Å². The van der Waals surface area contributed by atoms with Crippen molar-refractivity contribution in [3.63, 3.8) is 0 Å². The topological polar surface area (TPSA) is 48.1 Å². The van der Waals surface area contributed by atoms with Gasteiger partial charge in [-0.05, 0) is 23.8 Å². The van der Waals surface area contributed by atoms with Gasteiger partial charge in [-0.3, -0.25) is 0 Å². The Labute approximate surface area is 103 Å². The Morgan fingerprint density at radius 1 is 1.29 bits per heavy atom. The second-order valence-corrected chi connectivity index (χ2v) is 3.79. The van der Waals surface area contributed by atoms with Crippen LogP contribution in [0.4, 0.5) is 4.39 Å². The van der Waals surface area contributed by atoms with Crippen molar-refractivity contribution in [3.05, 3.63) is 52.9 Å². The fourth-order valence-corrected chi connectivity index (χ4v) is 1.41. The Kier molecular flexibility index (Phi) is 3.56. The summed E-state index contributed by atoms with van der Waals surface area (Å²) in [5, 5.41) is 0.0565. The number of nitrogens with zero attached hydrogens (tertiary/aromatic N) is 1. The monoisotopic (exact) mass is 252 g/mol. The molecule has 0 saturated carbocycles. The van der Waals surface area contributed by atoms with Gasteiger partial charge in [-0.15, -0.1) is 0 Å². The van der Waals surface area contributed by atoms with Crippen molar-refractivity contribution in [2.45, 2.75) is 6.54 Å². The molecule has 1 heterocycles. The van der Waals surface area contributed by atoms with Crippen LogP contribution in [0.15, 0.2) is 36.5 Å². The third-order valence-electron chi connectivity index (χ3n) is 2.15. The molecule has 17 heavy (non-hydrogen) atoms. The normalized spacial score (nSPS) is 10.3. The summed E-state index contributed by atoms with van der Waals surface area (Å²) in [6, 6.07) is 7.70. The van der Waals surface area contributed by atoms with Crippen LogP contribution >= 0.6 is 11.6 Å². The third-order valence-corrected chi connectivity index (χ3v) is 2.45. The zero-order chi connectivity index (χ0) is 12.3. The van der Waals surface area contributed by atoms with E-state index in [1.54, 1.807) is 24.4 Å². The van der Waals surface area contributed by atoms with E-state index in [0.717, 1.165) is 5.56 Å². The maximum Gasteiger partial charge on any atom is 0.219 e. The van der Waals surface area contributed by atoms with Crippen LogP contribution in [0.2, 0.25) is 5.02 Å². The molecule has 0 atom stereocenters. The zero-order valence-corrected chi connectivity index (χ0v) is 9.62. The first-order valence-electron chi connectivity index (χ1n) is 4.97. The second-order valence-electron chi connectivity index (χ2n) is 3.38. The van der Waals surface area contributed by atoms with E-state index >= 15 is 0 Å². The molecule has 88 valence electrons. The summed E-state index contributed by atoms with van der Waals surface area (Å²) in [5.41, 5.74) is 6.39. The number of benzene rings is 1. The molecule has 1 aromatic carbocycles. The van der Waals surface area contributed by atoms with Crippen LogP contribution in [0.1, 0.15) is 5.56 Å². The summed E-state index contributed by atoms with van der Waals surface area (Å²) >= 11 is 5.57. The minimum absolute atomic E-state index is 0.0565. The zero-order valence-electron chi connectivity index (χ0n) is 8.86. The van der Waals surface area contributed by atoms with Crippen molar-refractivity contribution < 1.29 is 9.13 Å². The molecule has 0 spiro atoms. The predicted octanol–water partition coefficient (Wildman–Crippen LogP) is 3.13. The van der Waals surface area contributed by atoms with Crippen LogP contribution in [0.5, 0.6) is 11.6 Å². The molecule has 0 unspecified atom stereocenters. The molecule has 0 amide bonds. The van der Waals surface area contributed by atoms with Gasteiger partial charge >= 0.3 is 0 Å². The summed E-state index contributed by atoms with van der Waals surface area (Å²) in [6.07, 6.45) is 1.59. The minimum atomic E-state index is -0.529. The molecule has 5 heteroatoms. The van der Waals surface area contributed by atoms with Gasteiger partial charge in [0.2, 0.25) is 5.88 Å². The van der Waals surface area contributed by atoms with Crippen LogP contribution in [0.25, 0.3) is 0 Å². The van der Waals surface area contributed by atoms with Crippen molar-refractivity contribution in [1.29, 1.82) is 0 Å². The molecule has 2 aromatic rings. The summed E-state index contributed by atoms with van der Waals surface area (Å²) in [6.45, 7) is 0.397. The third kappa shape index (κ3) is 2.93. The van der Waals surface area contributed by atoms with Crippen LogP contribution in [0, 0.1) is 5.82 Å². The maximum atomic E-state index is 13.2. The predicted molar refractivity (Wildman–Crippen MR) is 63.6 cm³/mol. The average molecular weight is 253 g/mol. The molecule has 2 N–H and O–H groups in total. The van der Waals surface area contributed by atoms with Crippen molar-refractivity contribution in [1.82, 2.24) is 4.98 Å². The van der Waals surface area contributed by atoms with Gasteiger partial charge in [-0.25, -0.2) is 9.37 Å². The van der Waals surface area contributed by atoms with Crippen LogP contribution < -0.4 is 10.5 Å². The highest BCUT2D eigenvalue weighted by Gasteiger charge is 2.04. The van der Waals surface area contributed by atoms with Gasteiger partial charge in [-0.1, -0.05) is 11.6 Å². The lowest BCUT2D eigenvalue weighted by atomic mass is 10.3. The summed E-state index contributed by atoms with van der Waals surface area (Å²) in [4.78, 5) is 4.00. The molecule has 2 rings (SSSR count). The molecule has 0 saturated heterocycles. The van der Waals surface area contributed by atoms with Gasteiger partial charge in [0.25, 0.3) is 0 Å². The SMILES string of the molecule is NCc1ccnc(Oc2ccc(Cl)c(F)c2)c1. The quantitative estimate of drug-likeness (QED) is 0.913. The van der Waals surface area contributed by atoms with Crippen LogP contribution in [0.3, 0.4) is 0 Å². The van der Waals surface area contributed by atoms with Crippen molar-refractivity contribution in [2.75, 3.05) is 0 Å². The second kappa shape index (κ2) is 5.12. The molecular formula is C12H10ClFN2O. The number of ether oxygens (including phenoxy) is 1. The molecule has 0 bridgehead atoms. The molecule has 0 aliphatic rings. The lowest BCUT2D eigenvalue weighted by Gasteiger charge is -2.06. The van der Waals surface area contributed by atoms with Gasteiger partial charge in [0.1, 0.15) is 11.6 Å². The largest absolute Gasteiger partial charge is 0.439 e. The minimum Gasteiger partial charge on any atom is -0.439 e. The number of hydrogen-bond acceptors (Lipinski definition) is 3. The summed E-state index contributed by atoms with van der Waals surface area (Å²) in [5.74, 6) is 0.183. The number of nitrogens with two attached hydrogens (primary N) is 1.